The number of carbonyl (C=O) groups excluding carboxylic acids is 2. The second kappa shape index (κ2) is 8.66. The van der Waals surface area contributed by atoms with Crippen LogP contribution in [-0.4, -0.2) is 34.8 Å². The zero-order valence-electron chi connectivity index (χ0n) is 15.1. The monoisotopic (exact) mass is 374 g/mol. The third-order valence-electron chi connectivity index (χ3n) is 4.61. The van der Waals surface area contributed by atoms with Gasteiger partial charge in [0.1, 0.15) is 5.82 Å². The molecule has 7 nitrogen and oxygen atoms in total. The summed E-state index contributed by atoms with van der Waals surface area (Å²) in [6.45, 7) is 2.12. The van der Waals surface area contributed by atoms with Gasteiger partial charge in [0.25, 0.3) is 0 Å². The molecule has 3 N–H and O–H groups in total. The minimum atomic E-state index is -0.387. The highest BCUT2D eigenvalue weighted by molar-refractivity contribution is 5.91. The Balaban J connectivity index is 1.50. The number of amides is 2. The van der Waals surface area contributed by atoms with E-state index in [9.17, 15) is 14.0 Å². The molecule has 27 heavy (non-hydrogen) atoms. The molecular weight excluding hydrogens is 351 g/mol. The summed E-state index contributed by atoms with van der Waals surface area (Å²) >= 11 is 0. The molecule has 0 unspecified atom stereocenters. The molecule has 3 rings (SSSR count). The van der Waals surface area contributed by atoms with Gasteiger partial charge in [0, 0.05) is 23.7 Å². The lowest BCUT2D eigenvalue weighted by molar-refractivity contribution is -0.115. The summed E-state index contributed by atoms with van der Waals surface area (Å²) in [6.07, 6.45) is 2.35. The molecule has 8 heteroatoms. The van der Waals surface area contributed by atoms with Crippen molar-refractivity contribution in [3.8, 4) is 0 Å². The Morgan fingerprint density at radius 2 is 2.07 bits per heavy atom. The molecule has 1 aliphatic rings. The first-order valence-corrected chi connectivity index (χ1v) is 9.06. The Bertz CT molecular complexity index is 791. The summed E-state index contributed by atoms with van der Waals surface area (Å²) in [6, 6.07) is 7.72. The molecule has 0 spiro atoms. The number of hydrogen-bond acceptors (Lipinski definition) is 4. The number of nitrogens with one attached hydrogen (secondary N) is 3. The highest BCUT2D eigenvalue weighted by Crippen LogP contribution is 2.34. The molecule has 1 heterocycles. The summed E-state index contributed by atoms with van der Waals surface area (Å²) < 4.78 is 17.8. The summed E-state index contributed by atoms with van der Waals surface area (Å²) in [5.41, 5.74) is 1.66. The lowest BCUT2D eigenvalue weighted by atomic mass is 10.0. The van der Waals surface area contributed by atoms with Gasteiger partial charge in [0.2, 0.25) is 5.91 Å². The quantitative estimate of drug-likeness (QED) is 0.724. The smallest absolute Gasteiger partial charge is 0.407 e. The van der Waals surface area contributed by atoms with Crippen LogP contribution in [0.15, 0.2) is 30.3 Å². The number of halogens is 1. The van der Waals surface area contributed by atoms with Gasteiger partial charge in [-0.3, -0.25) is 9.89 Å². The summed E-state index contributed by atoms with van der Waals surface area (Å²) in [7, 11) is 0. The van der Waals surface area contributed by atoms with E-state index < -0.39 is 0 Å². The zero-order chi connectivity index (χ0) is 19.2. The van der Waals surface area contributed by atoms with E-state index in [2.05, 4.69) is 20.8 Å². The molecule has 2 amide bonds. The minimum absolute atomic E-state index is 0.0777. The van der Waals surface area contributed by atoms with Gasteiger partial charge >= 0.3 is 6.09 Å². The summed E-state index contributed by atoms with van der Waals surface area (Å²) in [4.78, 5) is 23.6. The fourth-order valence-electron chi connectivity index (χ4n) is 3.32. The number of anilines is 1. The van der Waals surface area contributed by atoms with Gasteiger partial charge < -0.3 is 15.4 Å². The number of aromatic amines is 1. The third kappa shape index (κ3) is 5.29. The molecule has 1 saturated carbocycles. The van der Waals surface area contributed by atoms with Crippen molar-refractivity contribution in [2.45, 2.75) is 44.6 Å². The predicted octanol–water partition coefficient (Wildman–Crippen LogP) is 3.11. The fraction of sp³-hybridized carbons (Fsp3) is 0.421. The van der Waals surface area contributed by atoms with E-state index in [1.54, 1.807) is 19.1 Å². The van der Waals surface area contributed by atoms with Crippen molar-refractivity contribution in [3.63, 3.8) is 0 Å². The molecule has 1 aromatic carbocycles. The zero-order valence-corrected chi connectivity index (χ0v) is 15.1. The topological polar surface area (TPSA) is 96.1 Å². The maximum Gasteiger partial charge on any atom is 0.407 e. The van der Waals surface area contributed by atoms with Crippen molar-refractivity contribution in [1.82, 2.24) is 15.5 Å². The second-order valence-electron chi connectivity index (χ2n) is 6.63. The number of hydrogen-bond donors (Lipinski definition) is 3. The van der Waals surface area contributed by atoms with Gasteiger partial charge in [-0.15, -0.1) is 0 Å². The fourth-order valence-corrected chi connectivity index (χ4v) is 3.32. The van der Waals surface area contributed by atoms with Crippen molar-refractivity contribution < 1.29 is 18.7 Å². The highest BCUT2D eigenvalue weighted by atomic mass is 19.1. The van der Waals surface area contributed by atoms with Gasteiger partial charge in [0.05, 0.1) is 13.0 Å². The van der Waals surface area contributed by atoms with Crippen LogP contribution in [-0.2, 0) is 16.0 Å². The van der Waals surface area contributed by atoms with Crippen LogP contribution in [0.25, 0.3) is 0 Å². The maximum atomic E-state index is 12.9. The van der Waals surface area contributed by atoms with Crippen molar-refractivity contribution in [1.29, 1.82) is 0 Å². The molecule has 1 aromatic heterocycles. The van der Waals surface area contributed by atoms with Crippen molar-refractivity contribution >= 4 is 17.8 Å². The predicted molar refractivity (Wildman–Crippen MR) is 97.9 cm³/mol. The number of aromatic nitrogens is 2. The molecule has 2 atom stereocenters. The van der Waals surface area contributed by atoms with E-state index in [-0.39, 0.29) is 36.2 Å². The Kier molecular flexibility index (Phi) is 6.05. The van der Waals surface area contributed by atoms with Gasteiger partial charge in [-0.05, 0) is 43.9 Å². The lowest BCUT2D eigenvalue weighted by Crippen LogP contribution is -2.33. The number of benzene rings is 1. The normalized spacial score (nSPS) is 18.9. The maximum absolute atomic E-state index is 12.9. The number of rotatable bonds is 6. The first-order chi connectivity index (χ1) is 13.0. The Morgan fingerprint density at radius 3 is 2.81 bits per heavy atom. The molecule has 0 radical (unpaired) electrons. The number of alkyl carbamates (subject to hydrolysis) is 1. The lowest BCUT2D eigenvalue weighted by Gasteiger charge is -2.12. The minimum Gasteiger partial charge on any atom is -0.450 e. The molecular formula is C19H23FN4O3. The standard InChI is InChI=1S/C19H23FN4O3/c1-2-27-19(26)21-15-8-5-13(10-15)16-11-17(24-23-16)22-18(25)9-12-3-6-14(20)7-4-12/h3-4,6-7,11,13,15H,2,5,8-10H2,1H3,(H,21,26)(H2,22,23,24,25)/t13-,15+/m0/s1. The number of carbonyl (C=O) groups is 2. The molecule has 1 aliphatic carbocycles. The van der Waals surface area contributed by atoms with Gasteiger partial charge in [-0.25, -0.2) is 9.18 Å². The van der Waals surface area contributed by atoms with E-state index in [0.717, 1.165) is 30.5 Å². The van der Waals surface area contributed by atoms with Crippen LogP contribution >= 0.6 is 0 Å². The molecule has 144 valence electrons. The number of H-pyrrole nitrogens is 1. The first kappa shape index (κ1) is 18.9. The van der Waals surface area contributed by atoms with E-state index in [1.165, 1.54) is 12.1 Å². The van der Waals surface area contributed by atoms with Gasteiger partial charge in [-0.2, -0.15) is 5.10 Å². The summed E-state index contributed by atoms with van der Waals surface area (Å²) in [5, 5.41) is 12.7. The van der Waals surface area contributed by atoms with Crippen molar-refractivity contribution in [2.75, 3.05) is 11.9 Å². The Hall–Kier alpha value is -2.90. The SMILES string of the molecule is CCOC(=O)N[C@@H]1CC[C@H](c2cc(NC(=O)Cc3ccc(F)cc3)n[nH]2)C1. The van der Waals surface area contributed by atoms with E-state index >= 15 is 0 Å². The van der Waals surface area contributed by atoms with E-state index in [0.29, 0.717) is 12.4 Å². The van der Waals surface area contributed by atoms with Crippen LogP contribution < -0.4 is 10.6 Å². The highest BCUT2D eigenvalue weighted by Gasteiger charge is 2.28. The van der Waals surface area contributed by atoms with E-state index in [1.807, 2.05) is 6.07 Å². The van der Waals surface area contributed by atoms with Crippen LogP contribution in [0.3, 0.4) is 0 Å². The van der Waals surface area contributed by atoms with Crippen LogP contribution in [0, 0.1) is 5.82 Å². The largest absolute Gasteiger partial charge is 0.450 e. The van der Waals surface area contributed by atoms with Crippen LogP contribution in [0.1, 0.15) is 43.4 Å². The summed E-state index contributed by atoms with van der Waals surface area (Å²) in [5.74, 6) is 0.155. The average molecular weight is 374 g/mol. The Morgan fingerprint density at radius 1 is 1.30 bits per heavy atom. The molecule has 0 saturated heterocycles. The molecule has 0 bridgehead atoms. The van der Waals surface area contributed by atoms with Crippen molar-refractivity contribution in [3.05, 3.63) is 47.4 Å². The van der Waals surface area contributed by atoms with Crippen LogP contribution in [0.2, 0.25) is 0 Å². The Labute approximate surface area is 156 Å². The first-order valence-electron chi connectivity index (χ1n) is 9.06. The number of nitrogens with zero attached hydrogens (tertiary/aromatic N) is 1. The third-order valence-corrected chi connectivity index (χ3v) is 4.61. The molecule has 1 fully saturated rings. The average Bonchev–Trinajstić information content (AvgIpc) is 3.26. The van der Waals surface area contributed by atoms with Crippen LogP contribution in [0.5, 0.6) is 0 Å². The van der Waals surface area contributed by atoms with Gasteiger partial charge in [-0.1, -0.05) is 12.1 Å². The second-order valence-corrected chi connectivity index (χ2v) is 6.63. The van der Waals surface area contributed by atoms with Crippen LogP contribution in [0.4, 0.5) is 15.0 Å². The van der Waals surface area contributed by atoms with E-state index in [4.69, 9.17) is 4.74 Å². The molecule has 2 aromatic rings. The number of ether oxygens (including phenoxy) is 1. The van der Waals surface area contributed by atoms with Crippen molar-refractivity contribution in [2.24, 2.45) is 0 Å². The molecule has 0 aliphatic heterocycles. The van der Waals surface area contributed by atoms with Gasteiger partial charge in [0.15, 0.2) is 5.82 Å².